The average molecular weight is 960 g/mol. The molecule has 0 saturated carbocycles. The molecule has 0 spiro atoms. The molecule has 0 heterocycles. The summed E-state index contributed by atoms with van der Waals surface area (Å²) in [6, 6.07) is 0. The molecule has 0 rings (SSSR count). The van der Waals surface area contributed by atoms with E-state index in [4.69, 9.17) is 14.2 Å². The third kappa shape index (κ3) is 55.1. The molecule has 1 atom stereocenters. The Morgan fingerprint density at radius 2 is 0.565 bits per heavy atom. The van der Waals surface area contributed by atoms with Gasteiger partial charge in [0.1, 0.15) is 13.2 Å². The molecule has 0 amide bonds. The highest BCUT2D eigenvalue weighted by Gasteiger charge is 2.19. The third-order valence-electron chi connectivity index (χ3n) is 12.1. The van der Waals surface area contributed by atoms with Crippen LogP contribution in [0.1, 0.15) is 265 Å². The molecule has 0 aromatic carbocycles. The van der Waals surface area contributed by atoms with Crippen molar-refractivity contribution in [3.05, 3.63) is 97.2 Å². The first-order chi connectivity index (χ1) is 34.0. The Kier molecular flexibility index (Phi) is 53.9. The van der Waals surface area contributed by atoms with Crippen LogP contribution in [0.3, 0.4) is 0 Å². The number of rotatable bonds is 51. The Labute approximate surface area is 426 Å². The van der Waals surface area contributed by atoms with Gasteiger partial charge in [0.05, 0.1) is 0 Å². The van der Waals surface area contributed by atoms with Gasteiger partial charge >= 0.3 is 17.9 Å². The predicted octanol–water partition coefficient (Wildman–Crippen LogP) is 19.3. The molecule has 1 unspecified atom stereocenters. The van der Waals surface area contributed by atoms with Gasteiger partial charge in [0, 0.05) is 19.3 Å². The minimum absolute atomic E-state index is 0.0962. The van der Waals surface area contributed by atoms with Crippen LogP contribution in [0.4, 0.5) is 0 Å². The maximum Gasteiger partial charge on any atom is 0.306 e. The van der Waals surface area contributed by atoms with Gasteiger partial charge in [0.25, 0.3) is 0 Å². The Morgan fingerprint density at radius 3 is 0.899 bits per heavy atom. The van der Waals surface area contributed by atoms with Crippen LogP contribution in [0.2, 0.25) is 0 Å². The number of allylic oxidation sites excluding steroid dienone is 16. The van der Waals surface area contributed by atoms with E-state index in [1.54, 1.807) is 0 Å². The predicted molar refractivity (Wildman–Crippen MR) is 297 cm³/mol. The lowest BCUT2D eigenvalue weighted by molar-refractivity contribution is -0.167. The van der Waals surface area contributed by atoms with Crippen molar-refractivity contribution in [2.75, 3.05) is 13.2 Å². The van der Waals surface area contributed by atoms with Crippen LogP contribution in [-0.4, -0.2) is 37.2 Å². The molecule has 0 aliphatic carbocycles. The third-order valence-corrected chi connectivity index (χ3v) is 12.1. The van der Waals surface area contributed by atoms with Crippen molar-refractivity contribution in [3.8, 4) is 0 Å². The number of carbonyl (C=O) groups excluding carboxylic acids is 3. The molecular weight excluding hydrogens is 853 g/mol. The van der Waals surface area contributed by atoms with Gasteiger partial charge < -0.3 is 14.2 Å². The van der Waals surface area contributed by atoms with Gasteiger partial charge in [-0.3, -0.25) is 14.4 Å². The summed E-state index contributed by atoms with van der Waals surface area (Å²) in [7, 11) is 0. The zero-order valence-corrected chi connectivity index (χ0v) is 45.0. The van der Waals surface area contributed by atoms with E-state index in [-0.39, 0.29) is 31.1 Å². The minimum Gasteiger partial charge on any atom is -0.462 e. The normalized spacial score (nSPS) is 12.8. The van der Waals surface area contributed by atoms with E-state index in [2.05, 4.69) is 118 Å². The molecule has 0 saturated heterocycles. The van der Waals surface area contributed by atoms with Gasteiger partial charge in [-0.1, -0.05) is 227 Å². The topological polar surface area (TPSA) is 78.9 Å². The molecule has 0 aliphatic heterocycles. The van der Waals surface area contributed by atoms with Crippen molar-refractivity contribution in [1.29, 1.82) is 0 Å². The summed E-state index contributed by atoms with van der Waals surface area (Å²) in [5.41, 5.74) is 0. The fourth-order valence-corrected chi connectivity index (χ4v) is 7.80. The number of ether oxygens (including phenoxy) is 3. The van der Waals surface area contributed by atoms with E-state index >= 15 is 0 Å². The lowest BCUT2D eigenvalue weighted by Gasteiger charge is -2.18. The maximum absolute atomic E-state index is 12.9. The van der Waals surface area contributed by atoms with Crippen LogP contribution in [0, 0.1) is 0 Å². The van der Waals surface area contributed by atoms with Gasteiger partial charge in [0.2, 0.25) is 0 Å². The van der Waals surface area contributed by atoms with Gasteiger partial charge in [-0.2, -0.15) is 0 Å². The van der Waals surface area contributed by atoms with Gasteiger partial charge in [-0.15, -0.1) is 0 Å². The Balaban J connectivity index is 4.44. The monoisotopic (exact) mass is 959 g/mol. The molecule has 0 fully saturated rings. The first-order valence-corrected chi connectivity index (χ1v) is 28.7. The molecule has 6 heteroatoms. The van der Waals surface area contributed by atoms with Gasteiger partial charge in [0.15, 0.2) is 6.10 Å². The van der Waals surface area contributed by atoms with Crippen molar-refractivity contribution < 1.29 is 28.6 Å². The second-order valence-electron chi connectivity index (χ2n) is 18.8. The summed E-state index contributed by atoms with van der Waals surface area (Å²) in [6.07, 6.45) is 75.4. The highest BCUT2D eigenvalue weighted by atomic mass is 16.6. The van der Waals surface area contributed by atoms with E-state index in [9.17, 15) is 14.4 Å². The Morgan fingerprint density at radius 1 is 0.304 bits per heavy atom. The molecule has 0 aromatic heterocycles. The van der Waals surface area contributed by atoms with Gasteiger partial charge in [-0.25, -0.2) is 0 Å². The molecule has 394 valence electrons. The second-order valence-corrected chi connectivity index (χ2v) is 18.8. The fraction of sp³-hybridized carbons (Fsp3) is 0.698. The summed E-state index contributed by atoms with van der Waals surface area (Å²) in [4.78, 5) is 38.2. The van der Waals surface area contributed by atoms with E-state index in [1.807, 2.05) is 0 Å². The average Bonchev–Trinajstić information content (AvgIpc) is 3.35. The summed E-state index contributed by atoms with van der Waals surface area (Å²) in [5, 5.41) is 0. The highest BCUT2D eigenvalue weighted by Crippen LogP contribution is 2.14. The molecule has 0 bridgehead atoms. The zero-order valence-electron chi connectivity index (χ0n) is 45.0. The number of esters is 3. The summed E-state index contributed by atoms with van der Waals surface area (Å²) in [5.74, 6) is -0.937. The minimum atomic E-state index is -0.799. The smallest absolute Gasteiger partial charge is 0.306 e. The van der Waals surface area contributed by atoms with E-state index in [0.29, 0.717) is 19.3 Å². The fourth-order valence-electron chi connectivity index (χ4n) is 7.80. The molecule has 0 aromatic rings. The molecule has 0 aliphatic rings. The second kappa shape index (κ2) is 56.9. The molecule has 0 N–H and O–H groups in total. The molecular formula is C63H106O6. The summed E-state index contributed by atoms with van der Waals surface area (Å²) < 4.78 is 16.8. The quantitative estimate of drug-likeness (QED) is 0.0262. The van der Waals surface area contributed by atoms with Crippen molar-refractivity contribution in [3.63, 3.8) is 0 Å². The number of carbonyl (C=O) groups is 3. The van der Waals surface area contributed by atoms with Crippen molar-refractivity contribution in [2.45, 2.75) is 271 Å². The SMILES string of the molecule is CC/C=C\C/C=C\C/C=C\C/C=C\CCCCCCCCC(=O)OCC(COC(=O)CCCCCC/C=C\C/C=C\C/C=C\CC)OC(=O)CCCCCCC/C=C\CCCCCCCCCCC. The number of hydrogen-bond acceptors (Lipinski definition) is 6. The lowest BCUT2D eigenvalue weighted by atomic mass is 10.1. The zero-order chi connectivity index (χ0) is 50.0. The van der Waals surface area contributed by atoms with Crippen LogP contribution in [0.25, 0.3) is 0 Å². The van der Waals surface area contributed by atoms with Crippen molar-refractivity contribution >= 4 is 17.9 Å². The van der Waals surface area contributed by atoms with Crippen LogP contribution in [0.5, 0.6) is 0 Å². The van der Waals surface area contributed by atoms with Crippen molar-refractivity contribution in [1.82, 2.24) is 0 Å². The maximum atomic E-state index is 12.9. The Bertz CT molecular complexity index is 1380. The van der Waals surface area contributed by atoms with Crippen molar-refractivity contribution in [2.24, 2.45) is 0 Å². The van der Waals surface area contributed by atoms with E-state index in [0.717, 1.165) is 141 Å². The van der Waals surface area contributed by atoms with E-state index in [1.165, 1.54) is 83.5 Å². The Hall–Kier alpha value is -3.67. The van der Waals surface area contributed by atoms with Gasteiger partial charge in [-0.05, 0) is 116 Å². The molecule has 0 radical (unpaired) electrons. The van der Waals surface area contributed by atoms with Crippen LogP contribution in [0.15, 0.2) is 97.2 Å². The first-order valence-electron chi connectivity index (χ1n) is 28.7. The summed E-state index contributed by atoms with van der Waals surface area (Å²) >= 11 is 0. The summed E-state index contributed by atoms with van der Waals surface area (Å²) in [6.45, 7) is 6.39. The van der Waals surface area contributed by atoms with Crippen LogP contribution in [-0.2, 0) is 28.6 Å². The highest BCUT2D eigenvalue weighted by molar-refractivity contribution is 5.71. The van der Waals surface area contributed by atoms with Crippen LogP contribution >= 0.6 is 0 Å². The standard InChI is InChI=1S/C63H106O6/c1-4-7-10-13-16-19-22-25-28-30-32-34-35-38-41-44-47-50-53-56-62(65)68-59-60(58-67-61(64)55-52-49-46-43-40-37-27-24-21-18-15-12-9-6-3)69-63(66)57-54-51-48-45-42-39-36-33-31-29-26-23-20-17-14-11-8-5-2/h7,9-10,12,16,18-19,21,25,27-28,32-34,36-37,60H,4-6,8,11,13-15,17,20,22-24,26,29-31,35,38-59H2,1-3H3/b10-7-,12-9-,19-16-,21-18-,28-25-,34-32-,36-33-,37-27-. The number of unbranched alkanes of at least 4 members (excludes halogenated alkanes) is 24. The lowest BCUT2D eigenvalue weighted by Crippen LogP contribution is -2.30. The van der Waals surface area contributed by atoms with E-state index < -0.39 is 6.10 Å². The largest absolute Gasteiger partial charge is 0.462 e. The first kappa shape index (κ1) is 65.3. The number of hydrogen-bond donors (Lipinski definition) is 0. The molecule has 69 heavy (non-hydrogen) atoms. The van der Waals surface area contributed by atoms with Crippen LogP contribution < -0.4 is 0 Å². The molecule has 6 nitrogen and oxygen atoms in total.